The molecular weight excluding hydrogens is 438 g/mol. The Labute approximate surface area is 193 Å². The molecule has 33 heavy (non-hydrogen) atoms. The Morgan fingerprint density at radius 3 is 2.42 bits per heavy atom. The third-order valence-corrected chi connectivity index (χ3v) is 6.59. The van der Waals surface area contributed by atoms with Gasteiger partial charge in [0.15, 0.2) is 9.84 Å². The summed E-state index contributed by atoms with van der Waals surface area (Å²) in [7, 11) is 0.589. The molecule has 172 valence electrons. The first-order valence-electron chi connectivity index (χ1n) is 10.8. The van der Waals surface area contributed by atoms with Gasteiger partial charge in [0.2, 0.25) is 11.8 Å². The zero-order valence-corrected chi connectivity index (χ0v) is 19.6. The fraction of sp³-hybridized carbons (Fsp3) is 0.280. The summed E-state index contributed by atoms with van der Waals surface area (Å²) in [6, 6.07) is 20.8. The molecule has 0 saturated carbocycles. The third kappa shape index (κ3) is 6.40. The Morgan fingerprint density at radius 2 is 1.67 bits per heavy atom. The molecule has 0 aliphatic rings. The number of hydrogen-bond donors (Lipinski definition) is 0. The lowest BCUT2D eigenvalue weighted by Crippen LogP contribution is -2.15. The Hall–Kier alpha value is -3.23. The maximum Gasteiger partial charge on any atom is 0.247 e. The van der Waals surface area contributed by atoms with Crippen LogP contribution in [0.25, 0.3) is 22.2 Å². The molecule has 0 atom stereocenters. The molecule has 0 saturated heterocycles. The number of sulfone groups is 1. The van der Waals surface area contributed by atoms with E-state index in [-0.39, 0.29) is 23.3 Å². The van der Waals surface area contributed by atoms with Gasteiger partial charge in [-0.1, -0.05) is 42.5 Å². The van der Waals surface area contributed by atoms with Crippen molar-refractivity contribution in [2.24, 2.45) is 0 Å². The maximum absolute atomic E-state index is 12.7. The first-order chi connectivity index (χ1) is 15.9. The largest absolute Gasteiger partial charge is 0.494 e. The highest BCUT2D eigenvalue weighted by molar-refractivity contribution is 7.89. The van der Waals surface area contributed by atoms with E-state index >= 15 is 0 Å². The summed E-state index contributed by atoms with van der Waals surface area (Å²) in [6.45, 7) is 1.60. The average Bonchev–Trinajstić information content (AvgIpc) is 3.24. The number of ether oxygens (including phenoxy) is 1. The quantitative estimate of drug-likeness (QED) is 0.322. The van der Waals surface area contributed by atoms with Crippen LogP contribution in [0.2, 0.25) is 0 Å². The van der Waals surface area contributed by atoms with Crippen molar-refractivity contribution in [1.82, 2.24) is 15.1 Å². The van der Waals surface area contributed by atoms with Gasteiger partial charge < -0.3 is 14.1 Å². The van der Waals surface area contributed by atoms with Gasteiger partial charge in [0.25, 0.3) is 0 Å². The van der Waals surface area contributed by atoms with Gasteiger partial charge >= 0.3 is 0 Å². The van der Waals surface area contributed by atoms with Crippen LogP contribution in [0.5, 0.6) is 5.75 Å². The summed E-state index contributed by atoms with van der Waals surface area (Å²) in [5.41, 5.74) is 1.44. The van der Waals surface area contributed by atoms with E-state index in [0.717, 1.165) is 35.1 Å². The lowest BCUT2D eigenvalue weighted by molar-refractivity contribution is 0.281. The summed E-state index contributed by atoms with van der Waals surface area (Å²) < 4.78 is 36.8. The smallest absolute Gasteiger partial charge is 0.247 e. The van der Waals surface area contributed by atoms with Crippen molar-refractivity contribution in [2.75, 3.05) is 27.2 Å². The van der Waals surface area contributed by atoms with Crippen molar-refractivity contribution >= 4 is 20.6 Å². The number of fused-ring (bicyclic) bond motifs is 1. The van der Waals surface area contributed by atoms with E-state index in [2.05, 4.69) is 15.1 Å². The van der Waals surface area contributed by atoms with E-state index in [1.165, 1.54) is 0 Å². The summed E-state index contributed by atoms with van der Waals surface area (Å²) in [5, 5.41) is 10.0. The van der Waals surface area contributed by atoms with Gasteiger partial charge in [-0.05, 0) is 61.1 Å². The molecule has 3 aromatic carbocycles. The van der Waals surface area contributed by atoms with Crippen LogP contribution in [-0.4, -0.2) is 50.8 Å². The van der Waals surface area contributed by atoms with Gasteiger partial charge in [0.1, 0.15) is 11.5 Å². The van der Waals surface area contributed by atoms with Crippen molar-refractivity contribution in [2.45, 2.75) is 17.9 Å². The van der Waals surface area contributed by atoms with E-state index in [4.69, 9.17) is 9.15 Å². The lowest BCUT2D eigenvalue weighted by Gasteiger charge is -2.10. The zero-order chi connectivity index (χ0) is 23.3. The van der Waals surface area contributed by atoms with Crippen molar-refractivity contribution in [1.29, 1.82) is 0 Å². The Balaban J connectivity index is 1.37. The van der Waals surface area contributed by atoms with Crippen molar-refractivity contribution in [3.8, 4) is 17.2 Å². The highest BCUT2D eigenvalue weighted by atomic mass is 32.2. The minimum Gasteiger partial charge on any atom is -0.494 e. The molecular formula is C25H27N3O4S. The third-order valence-electron chi connectivity index (χ3n) is 5.13. The predicted molar refractivity (Wildman–Crippen MR) is 129 cm³/mol. The van der Waals surface area contributed by atoms with Gasteiger partial charge in [-0.2, -0.15) is 0 Å². The second kappa shape index (κ2) is 10.1. The molecule has 7 nitrogen and oxygen atoms in total. The Bertz CT molecular complexity index is 1320. The SMILES string of the molecule is CN(C)CCCOc1ccc(-c2nnc(CS(=O)(=O)Cc3ccc4ccccc4c3)o2)cc1. The first kappa shape index (κ1) is 22.9. The normalized spacial score (nSPS) is 11.8. The van der Waals surface area contributed by atoms with Crippen LogP contribution in [-0.2, 0) is 21.3 Å². The highest BCUT2D eigenvalue weighted by Crippen LogP contribution is 2.23. The second-order valence-electron chi connectivity index (χ2n) is 8.24. The molecule has 1 aromatic heterocycles. The molecule has 0 aliphatic carbocycles. The van der Waals surface area contributed by atoms with Gasteiger partial charge in [-0.25, -0.2) is 8.42 Å². The van der Waals surface area contributed by atoms with Gasteiger partial charge in [-0.15, -0.1) is 10.2 Å². The van der Waals surface area contributed by atoms with Crippen molar-refractivity contribution < 1.29 is 17.6 Å². The number of benzene rings is 3. The minimum atomic E-state index is -3.47. The van der Waals surface area contributed by atoms with Crippen molar-refractivity contribution in [3.63, 3.8) is 0 Å². The Kier molecular flexibility index (Phi) is 7.05. The van der Waals surface area contributed by atoms with E-state index in [1.54, 1.807) is 0 Å². The molecule has 0 aliphatic heterocycles. The number of hydrogen-bond acceptors (Lipinski definition) is 7. The molecule has 0 amide bonds. The average molecular weight is 466 g/mol. The summed E-state index contributed by atoms with van der Waals surface area (Å²) in [6.07, 6.45) is 0.940. The van der Waals surface area contributed by atoms with Crippen LogP contribution >= 0.6 is 0 Å². The lowest BCUT2D eigenvalue weighted by atomic mass is 10.1. The molecule has 8 heteroatoms. The molecule has 0 spiro atoms. The second-order valence-corrected chi connectivity index (χ2v) is 10.3. The summed E-state index contributed by atoms with van der Waals surface area (Å²) in [5.74, 6) is 0.727. The molecule has 4 aromatic rings. The molecule has 4 rings (SSSR count). The number of nitrogens with zero attached hydrogens (tertiary/aromatic N) is 3. The van der Waals surface area contributed by atoms with Crippen LogP contribution in [0.4, 0.5) is 0 Å². The van der Waals surface area contributed by atoms with Crippen molar-refractivity contribution in [3.05, 3.63) is 78.2 Å². The van der Waals surface area contributed by atoms with Crippen LogP contribution in [0, 0.1) is 0 Å². The first-order valence-corrected chi connectivity index (χ1v) is 12.6. The fourth-order valence-corrected chi connectivity index (χ4v) is 4.80. The fourth-order valence-electron chi connectivity index (χ4n) is 3.51. The number of rotatable bonds is 10. The monoisotopic (exact) mass is 465 g/mol. The molecule has 0 fully saturated rings. The molecule has 0 N–H and O–H groups in total. The topological polar surface area (TPSA) is 85.5 Å². The molecule has 1 heterocycles. The minimum absolute atomic E-state index is 0.0785. The van der Waals surface area contributed by atoms with E-state index in [1.807, 2.05) is 80.8 Å². The van der Waals surface area contributed by atoms with E-state index < -0.39 is 9.84 Å². The predicted octanol–water partition coefficient (Wildman–Crippen LogP) is 4.34. The molecule has 0 radical (unpaired) electrons. The van der Waals surface area contributed by atoms with Crippen LogP contribution in [0.15, 0.2) is 71.1 Å². The van der Waals surface area contributed by atoms with Gasteiger partial charge in [0, 0.05) is 12.1 Å². The van der Waals surface area contributed by atoms with Gasteiger partial charge in [-0.3, -0.25) is 0 Å². The summed E-state index contributed by atoms with van der Waals surface area (Å²) in [4.78, 5) is 2.11. The maximum atomic E-state index is 12.7. The van der Waals surface area contributed by atoms with Gasteiger partial charge in [0.05, 0.1) is 12.4 Å². The highest BCUT2D eigenvalue weighted by Gasteiger charge is 2.19. The molecule has 0 bridgehead atoms. The zero-order valence-electron chi connectivity index (χ0n) is 18.8. The summed E-state index contributed by atoms with van der Waals surface area (Å²) >= 11 is 0. The van der Waals surface area contributed by atoms with Crippen LogP contribution in [0.1, 0.15) is 17.9 Å². The van der Waals surface area contributed by atoms with E-state index in [9.17, 15) is 8.42 Å². The number of aromatic nitrogens is 2. The standard InChI is InChI=1S/C25H27N3O4S/c1-28(2)14-5-15-31-23-12-10-21(11-13-23)25-27-26-24(32-25)18-33(29,30)17-19-8-9-20-6-3-4-7-22(20)16-19/h3-4,6-13,16H,5,14-15,17-18H2,1-2H3. The van der Waals surface area contributed by atoms with Crippen LogP contribution < -0.4 is 4.74 Å². The van der Waals surface area contributed by atoms with E-state index in [0.29, 0.717) is 12.2 Å². The van der Waals surface area contributed by atoms with Crippen LogP contribution in [0.3, 0.4) is 0 Å². The molecule has 0 unspecified atom stereocenters. The Morgan fingerprint density at radius 1 is 0.909 bits per heavy atom.